The highest BCUT2D eigenvalue weighted by molar-refractivity contribution is 5.92. The van der Waals surface area contributed by atoms with Gasteiger partial charge in [0.15, 0.2) is 0 Å². The van der Waals surface area contributed by atoms with Gasteiger partial charge in [0, 0.05) is 47.7 Å². The number of aliphatic hydroxyl groups excluding tert-OH is 1. The maximum atomic E-state index is 9.25. The molecule has 1 aliphatic heterocycles. The molecule has 1 N–H and O–H groups in total. The van der Waals surface area contributed by atoms with Crippen LogP contribution in [0.2, 0.25) is 0 Å². The van der Waals surface area contributed by atoms with E-state index in [0.717, 1.165) is 44.3 Å². The van der Waals surface area contributed by atoms with Gasteiger partial charge in [0.05, 0.1) is 18.7 Å². The second kappa shape index (κ2) is 8.09. The molecule has 0 amide bonds. The Balaban J connectivity index is 1.56. The van der Waals surface area contributed by atoms with Gasteiger partial charge in [-0.15, -0.1) is 0 Å². The van der Waals surface area contributed by atoms with E-state index in [1.54, 1.807) is 0 Å². The number of aryl methyl sites for hydroxylation is 1. The maximum absolute atomic E-state index is 9.25. The van der Waals surface area contributed by atoms with Crippen molar-refractivity contribution in [3.63, 3.8) is 0 Å². The molecule has 3 aromatic rings. The number of fused-ring (bicyclic) bond motifs is 1. The van der Waals surface area contributed by atoms with E-state index >= 15 is 0 Å². The van der Waals surface area contributed by atoms with Crippen molar-refractivity contribution in [3.05, 3.63) is 54.0 Å². The predicted molar refractivity (Wildman–Crippen MR) is 109 cm³/mol. The largest absolute Gasteiger partial charge is 0.394 e. The van der Waals surface area contributed by atoms with E-state index in [1.165, 1.54) is 22.5 Å². The third kappa shape index (κ3) is 3.69. The fourth-order valence-electron chi connectivity index (χ4n) is 4.24. The topological polar surface area (TPSA) is 54.2 Å². The van der Waals surface area contributed by atoms with Crippen molar-refractivity contribution >= 4 is 16.6 Å². The first-order valence-electron chi connectivity index (χ1n) is 10.1. The lowest BCUT2D eigenvalue weighted by atomic mass is 9.92. The summed E-state index contributed by atoms with van der Waals surface area (Å²) in [4.78, 5) is 7.37. The Labute approximate surface area is 160 Å². The van der Waals surface area contributed by atoms with Crippen LogP contribution in [0.5, 0.6) is 0 Å². The first-order chi connectivity index (χ1) is 13.3. The number of piperidine rings is 1. The molecule has 2 aromatic heterocycles. The summed E-state index contributed by atoms with van der Waals surface area (Å²) in [6, 6.07) is 12.9. The molecule has 142 valence electrons. The fourth-order valence-corrected chi connectivity index (χ4v) is 4.24. The normalized spacial score (nSPS) is 15.6. The molecule has 0 bridgehead atoms. The number of benzene rings is 1. The Bertz CT molecular complexity index is 896. The molecule has 4 rings (SSSR count). The van der Waals surface area contributed by atoms with Crippen LogP contribution in [0, 0.1) is 0 Å². The summed E-state index contributed by atoms with van der Waals surface area (Å²) in [5, 5.41) is 14.9. The summed E-state index contributed by atoms with van der Waals surface area (Å²) >= 11 is 0. The monoisotopic (exact) mass is 364 g/mol. The van der Waals surface area contributed by atoms with Gasteiger partial charge in [-0.05, 0) is 37.5 Å². The van der Waals surface area contributed by atoms with Crippen molar-refractivity contribution in [2.24, 2.45) is 0 Å². The molecule has 3 heterocycles. The molecule has 5 heteroatoms. The van der Waals surface area contributed by atoms with Crippen LogP contribution in [0.25, 0.3) is 10.9 Å². The minimum Gasteiger partial charge on any atom is -0.394 e. The fraction of sp³-hybridized carbons (Fsp3) is 0.455. The van der Waals surface area contributed by atoms with Crippen LogP contribution in [0.4, 0.5) is 5.69 Å². The molecule has 1 aromatic carbocycles. The average Bonchev–Trinajstić information content (AvgIpc) is 3.16. The van der Waals surface area contributed by atoms with Crippen LogP contribution in [0.1, 0.15) is 43.5 Å². The average molecular weight is 364 g/mol. The standard InChI is InChI=1S/C22H28N4O/c1-2-5-18-16-22(19-6-3-4-7-20(19)24-18)25-12-9-17(10-13-25)21-8-11-23-26(21)14-15-27/h3-4,6-8,11,16-17,27H,2,5,9-10,12-15H2,1H3. The summed E-state index contributed by atoms with van der Waals surface area (Å²) in [5.74, 6) is 0.513. The molecular formula is C22H28N4O. The number of rotatable bonds is 6. The number of anilines is 1. The smallest absolute Gasteiger partial charge is 0.0726 e. The van der Waals surface area contributed by atoms with Gasteiger partial charge in [0.2, 0.25) is 0 Å². The molecule has 1 aliphatic rings. The summed E-state index contributed by atoms with van der Waals surface area (Å²) in [6.45, 7) is 5.00. The first kappa shape index (κ1) is 18.0. The zero-order valence-electron chi connectivity index (χ0n) is 16.0. The third-order valence-electron chi connectivity index (χ3n) is 5.57. The van der Waals surface area contributed by atoms with E-state index < -0.39 is 0 Å². The summed E-state index contributed by atoms with van der Waals surface area (Å²) in [6.07, 6.45) is 6.20. The molecule has 1 fully saturated rings. The molecular weight excluding hydrogens is 336 g/mol. The molecule has 0 spiro atoms. The number of aromatic nitrogens is 3. The van der Waals surface area contributed by atoms with Gasteiger partial charge in [-0.25, -0.2) is 0 Å². The third-order valence-corrected chi connectivity index (χ3v) is 5.57. The van der Waals surface area contributed by atoms with Crippen LogP contribution in [0.3, 0.4) is 0 Å². The molecule has 0 saturated carbocycles. The first-order valence-corrected chi connectivity index (χ1v) is 10.1. The number of pyridine rings is 1. The number of hydrogen-bond acceptors (Lipinski definition) is 4. The predicted octanol–water partition coefficient (Wildman–Crippen LogP) is 3.76. The van der Waals surface area contributed by atoms with Gasteiger partial charge in [-0.3, -0.25) is 9.67 Å². The van der Waals surface area contributed by atoms with E-state index in [0.29, 0.717) is 12.5 Å². The van der Waals surface area contributed by atoms with E-state index in [9.17, 15) is 5.11 Å². The zero-order chi connectivity index (χ0) is 18.6. The Hall–Kier alpha value is -2.40. The van der Waals surface area contributed by atoms with E-state index in [1.807, 2.05) is 10.9 Å². The van der Waals surface area contributed by atoms with Crippen LogP contribution >= 0.6 is 0 Å². The molecule has 0 unspecified atom stereocenters. The van der Waals surface area contributed by atoms with Crippen LogP contribution in [0.15, 0.2) is 42.6 Å². The van der Waals surface area contributed by atoms with Crippen molar-refractivity contribution in [2.45, 2.75) is 45.1 Å². The zero-order valence-corrected chi connectivity index (χ0v) is 16.0. The van der Waals surface area contributed by atoms with Gasteiger partial charge in [-0.2, -0.15) is 5.10 Å². The SMILES string of the molecule is CCCc1cc(N2CCC(c3ccnn3CCO)CC2)c2ccccc2n1. The summed E-state index contributed by atoms with van der Waals surface area (Å²) in [5.41, 5.74) is 4.87. The Morgan fingerprint density at radius 3 is 2.74 bits per heavy atom. The number of aliphatic hydroxyl groups is 1. The van der Waals surface area contributed by atoms with Crippen molar-refractivity contribution in [2.75, 3.05) is 24.6 Å². The Kier molecular flexibility index (Phi) is 5.39. The van der Waals surface area contributed by atoms with Crippen LogP contribution < -0.4 is 4.90 Å². The Morgan fingerprint density at radius 2 is 1.96 bits per heavy atom. The minimum absolute atomic E-state index is 0.136. The molecule has 1 saturated heterocycles. The van der Waals surface area contributed by atoms with E-state index in [-0.39, 0.29) is 6.61 Å². The van der Waals surface area contributed by atoms with Gasteiger partial charge in [-0.1, -0.05) is 31.5 Å². The molecule has 0 aliphatic carbocycles. The molecule has 0 radical (unpaired) electrons. The highest BCUT2D eigenvalue weighted by atomic mass is 16.3. The molecule has 0 atom stereocenters. The Morgan fingerprint density at radius 1 is 1.15 bits per heavy atom. The lowest BCUT2D eigenvalue weighted by molar-refractivity contribution is 0.265. The lowest BCUT2D eigenvalue weighted by Gasteiger charge is -2.34. The minimum atomic E-state index is 0.136. The van der Waals surface area contributed by atoms with Gasteiger partial charge < -0.3 is 10.0 Å². The molecule has 5 nitrogen and oxygen atoms in total. The molecule has 27 heavy (non-hydrogen) atoms. The van der Waals surface area contributed by atoms with Crippen molar-refractivity contribution in [1.82, 2.24) is 14.8 Å². The van der Waals surface area contributed by atoms with Gasteiger partial charge >= 0.3 is 0 Å². The summed E-state index contributed by atoms with van der Waals surface area (Å²) in [7, 11) is 0. The quantitative estimate of drug-likeness (QED) is 0.724. The van der Waals surface area contributed by atoms with Crippen LogP contribution in [-0.2, 0) is 13.0 Å². The maximum Gasteiger partial charge on any atom is 0.0726 e. The van der Waals surface area contributed by atoms with E-state index in [2.05, 4.69) is 53.3 Å². The van der Waals surface area contributed by atoms with Gasteiger partial charge in [0.25, 0.3) is 0 Å². The van der Waals surface area contributed by atoms with E-state index in [4.69, 9.17) is 4.98 Å². The van der Waals surface area contributed by atoms with Crippen LogP contribution in [-0.4, -0.2) is 39.6 Å². The second-order valence-electron chi connectivity index (χ2n) is 7.36. The summed E-state index contributed by atoms with van der Waals surface area (Å²) < 4.78 is 1.96. The van der Waals surface area contributed by atoms with Gasteiger partial charge in [0.1, 0.15) is 0 Å². The highest BCUT2D eigenvalue weighted by Gasteiger charge is 2.24. The van der Waals surface area contributed by atoms with Crippen molar-refractivity contribution in [3.8, 4) is 0 Å². The van der Waals surface area contributed by atoms with Crippen molar-refractivity contribution < 1.29 is 5.11 Å². The number of nitrogens with zero attached hydrogens (tertiary/aromatic N) is 4. The second-order valence-corrected chi connectivity index (χ2v) is 7.36. The number of para-hydroxylation sites is 1. The lowest BCUT2D eigenvalue weighted by Crippen LogP contribution is -2.34. The number of hydrogen-bond donors (Lipinski definition) is 1. The van der Waals surface area contributed by atoms with Crippen molar-refractivity contribution in [1.29, 1.82) is 0 Å². The highest BCUT2D eigenvalue weighted by Crippen LogP contribution is 2.34.